The molecule has 2 aromatic carbocycles. The van der Waals surface area contributed by atoms with Gasteiger partial charge in [-0.15, -0.1) is 11.3 Å². The lowest BCUT2D eigenvalue weighted by atomic mass is 10.1. The second kappa shape index (κ2) is 7.08. The number of fused-ring (bicyclic) bond motifs is 1. The Balaban J connectivity index is 1.40. The first-order valence-electron chi connectivity index (χ1n) is 8.33. The Labute approximate surface area is 158 Å². The van der Waals surface area contributed by atoms with Crippen molar-refractivity contribution in [3.05, 3.63) is 69.7 Å². The Morgan fingerprint density at radius 3 is 2.81 bits per heavy atom. The molecule has 27 heavy (non-hydrogen) atoms. The monoisotopic (exact) mass is 380 g/mol. The molecule has 0 radical (unpaired) electrons. The molecular weight excluding hydrogens is 364 g/mol. The lowest BCUT2D eigenvalue weighted by Gasteiger charge is -2.02. The van der Waals surface area contributed by atoms with Crippen LogP contribution < -0.4 is 5.32 Å². The number of nitrogens with zero attached hydrogens (tertiary/aromatic N) is 2. The second-order valence-corrected chi connectivity index (χ2v) is 6.92. The van der Waals surface area contributed by atoms with Crippen molar-refractivity contribution in [1.29, 1.82) is 0 Å². The van der Waals surface area contributed by atoms with Crippen LogP contribution in [0, 0.1) is 10.1 Å². The van der Waals surface area contributed by atoms with Crippen LogP contribution >= 0.6 is 11.3 Å². The molecule has 0 spiro atoms. The molecule has 4 rings (SSSR count). The van der Waals surface area contributed by atoms with Gasteiger partial charge in [-0.25, -0.2) is 4.98 Å². The molecule has 0 aliphatic rings. The Morgan fingerprint density at radius 2 is 2.04 bits per heavy atom. The summed E-state index contributed by atoms with van der Waals surface area (Å²) in [7, 11) is 0. The molecule has 3 N–H and O–H groups in total. The molecule has 7 nitrogen and oxygen atoms in total. The predicted octanol–water partition coefficient (Wildman–Crippen LogP) is 4.56. The van der Waals surface area contributed by atoms with Gasteiger partial charge in [0.2, 0.25) is 0 Å². The quantitative estimate of drug-likeness (QED) is 0.336. The van der Waals surface area contributed by atoms with Gasteiger partial charge < -0.3 is 15.4 Å². The minimum absolute atomic E-state index is 0.0668. The van der Waals surface area contributed by atoms with Crippen LogP contribution in [0.15, 0.2) is 54.0 Å². The highest BCUT2D eigenvalue weighted by molar-refractivity contribution is 7.14. The Morgan fingerprint density at radius 1 is 1.22 bits per heavy atom. The molecule has 0 saturated heterocycles. The molecule has 0 fully saturated rings. The number of aromatic hydroxyl groups is 1. The molecule has 136 valence electrons. The molecule has 2 aromatic heterocycles. The van der Waals surface area contributed by atoms with E-state index >= 15 is 0 Å². The lowest BCUT2D eigenvalue weighted by molar-refractivity contribution is -0.384. The first-order valence-corrected chi connectivity index (χ1v) is 9.21. The topological polar surface area (TPSA) is 104 Å². The maximum absolute atomic E-state index is 10.7. The van der Waals surface area contributed by atoms with Gasteiger partial charge in [0.05, 0.1) is 10.6 Å². The third-order valence-corrected chi connectivity index (χ3v) is 5.10. The van der Waals surface area contributed by atoms with Crippen molar-refractivity contribution >= 4 is 33.1 Å². The van der Waals surface area contributed by atoms with Crippen LogP contribution in [0.2, 0.25) is 0 Å². The van der Waals surface area contributed by atoms with Gasteiger partial charge >= 0.3 is 0 Å². The smallest absolute Gasteiger partial charge is 0.269 e. The fourth-order valence-electron chi connectivity index (χ4n) is 2.92. The van der Waals surface area contributed by atoms with Crippen molar-refractivity contribution in [3.63, 3.8) is 0 Å². The molecule has 0 atom stereocenters. The fraction of sp³-hybridized carbons (Fsp3) is 0.105. The summed E-state index contributed by atoms with van der Waals surface area (Å²) in [6.45, 7) is 0.704. The third kappa shape index (κ3) is 3.61. The Kier molecular flexibility index (Phi) is 4.47. The Bertz CT molecular complexity index is 1100. The number of aromatic amines is 1. The zero-order chi connectivity index (χ0) is 18.8. The molecular formula is C19H16N4O3S. The van der Waals surface area contributed by atoms with E-state index in [1.807, 2.05) is 17.6 Å². The molecule has 0 saturated carbocycles. The summed E-state index contributed by atoms with van der Waals surface area (Å²) in [6.07, 6.45) is 2.74. The molecule has 2 heterocycles. The van der Waals surface area contributed by atoms with E-state index < -0.39 is 4.92 Å². The number of anilines is 1. The highest BCUT2D eigenvalue weighted by Gasteiger charge is 2.09. The highest BCUT2D eigenvalue weighted by atomic mass is 32.1. The number of H-pyrrole nitrogens is 1. The van der Waals surface area contributed by atoms with Crippen LogP contribution in [0.3, 0.4) is 0 Å². The van der Waals surface area contributed by atoms with E-state index in [-0.39, 0.29) is 11.4 Å². The number of hydrogen-bond donors (Lipinski definition) is 3. The van der Waals surface area contributed by atoms with Crippen LogP contribution in [-0.4, -0.2) is 26.5 Å². The number of benzene rings is 2. The maximum Gasteiger partial charge on any atom is 0.269 e. The van der Waals surface area contributed by atoms with E-state index in [1.165, 1.54) is 23.5 Å². The average molecular weight is 380 g/mol. The highest BCUT2D eigenvalue weighted by Crippen LogP contribution is 2.27. The van der Waals surface area contributed by atoms with E-state index in [1.54, 1.807) is 24.3 Å². The number of nitro groups is 1. The standard InChI is InChI=1S/C19H16N4O3S/c24-15-5-6-17-16(9-15)13(10-21-17)7-8-20-19-22-18(11-27-19)12-1-3-14(4-2-12)23(25)26/h1-6,9-11,21,24H,7-8H2,(H,20,22). The number of thiazole rings is 1. The normalized spacial score (nSPS) is 11.0. The van der Waals surface area contributed by atoms with Crippen molar-refractivity contribution in [2.24, 2.45) is 0 Å². The lowest BCUT2D eigenvalue weighted by Crippen LogP contribution is -2.04. The van der Waals surface area contributed by atoms with Crippen LogP contribution in [0.25, 0.3) is 22.2 Å². The van der Waals surface area contributed by atoms with Gasteiger partial charge in [-0.3, -0.25) is 10.1 Å². The van der Waals surface area contributed by atoms with Crippen molar-refractivity contribution in [2.45, 2.75) is 6.42 Å². The number of aromatic nitrogens is 2. The molecule has 0 aliphatic carbocycles. The number of nitrogens with one attached hydrogen (secondary N) is 2. The van der Waals surface area contributed by atoms with Gasteiger partial charge in [-0.2, -0.15) is 0 Å². The predicted molar refractivity (Wildman–Crippen MR) is 106 cm³/mol. The summed E-state index contributed by atoms with van der Waals surface area (Å²) in [5.74, 6) is 0.254. The Hall–Kier alpha value is -3.39. The minimum Gasteiger partial charge on any atom is -0.508 e. The number of nitro benzene ring substituents is 1. The average Bonchev–Trinajstić information content (AvgIpc) is 3.29. The number of phenolic OH excluding ortho intramolecular Hbond substituents is 1. The summed E-state index contributed by atoms with van der Waals surface area (Å²) in [4.78, 5) is 18.1. The summed E-state index contributed by atoms with van der Waals surface area (Å²) in [6, 6.07) is 11.7. The van der Waals surface area contributed by atoms with Gasteiger partial charge in [0.25, 0.3) is 5.69 Å². The first kappa shape index (κ1) is 17.0. The summed E-state index contributed by atoms with van der Waals surface area (Å²) < 4.78 is 0. The zero-order valence-electron chi connectivity index (χ0n) is 14.2. The van der Waals surface area contributed by atoms with E-state index in [4.69, 9.17) is 0 Å². The molecule has 8 heteroatoms. The van der Waals surface area contributed by atoms with Crippen LogP contribution in [0.4, 0.5) is 10.8 Å². The van der Waals surface area contributed by atoms with E-state index in [0.717, 1.165) is 39.3 Å². The molecule has 0 aliphatic heterocycles. The molecule has 0 unspecified atom stereocenters. The van der Waals surface area contributed by atoms with Gasteiger partial charge in [-0.05, 0) is 42.3 Å². The third-order valence-electron chi connectivity index (χ3n) is 4.30. The van der Waals surface area contributed by atoms with E-state index in [9.17, 15) is 15.2 Å². The molecule has 0 amide bonds. The van der Waals surface area contributed by atoms with Crippen LogP contribution in [-0.2, 0) is 6.42 Å². The fourth-order valence-corrected chi connectivity index (χ4v) is 3.67. The zero-order valence-corrected chi connectivity index (χ0v) is 15.0. The molecule has 4 aromatic rings. The van der Waals surface area contributed by atoms with Gasteiger partial charge in [0, 0.05) is 46.7 Å². The summed E-state index contributed by atoms with van der Waals surface area (Å²) in [5.41, 5.74) is 3.82. The van der Waals surface area contributed by atoms with Gasteiger partial charge in [0.1, 0.15) is 5.75 Å². The van der Waals surface area contributed by atoms with Gasteiger partial charge in [-0.1, -0.05) is 0 Å². The minimum atomic E-state index is -0.414. The summed E-state index contributed by atoms with van der Waals surface area (Å²) in [5, 5.41) is 27.4. The maximum atomic E-state index is 10.7. The van der Waals surface area contributed by atoms with Crippen molar-refractivity contribution in [2.75, 3.05) is 11.9 Å². The van der Waals surface area contributed by atoms with Gasteiger partial charge in [0.15, 0.2) is 5.13 Å². The summed E-state index contributed by atoms with van der Waals surface area (Å²) >= 11 is 1.49. The van der Waals surface area contributed by atoms with Crippen molar-refractivity contribution < 1.29 is 10.0 Å². The van der Waals surface area contributed by atoms with Crippen LogP contribution in [0.5, 0.6) is 5.75 Å². The van der Waals surface area contributed by atoms with Crippen molar-refractivity contribution in [1.82, 2.24) is 9.97 Å². The van der Waals surface area contributed by atoms with E-state index in [2.05, 4.69) is 15.3 Å². The van der Waals surface area contributed by atoms with Crippen molar-refractivity contribution in [3.8, 4) is 17.0 Å². The second-order valence-electron chi connectivity index (χ2n) is 6.06. The number of phenols is 1. The first-order chi connectivity index (χ1) is 13.1. The number of rotatable bonds is 6. The molecule has 0 bridgehead atoms. The SMILES string of the molecule is O=[N+]([O-])c1ccc(-c2csc(NCCc3c[nH]c4ccc(O)cc34)n2)cc1. The van der Waals surface area contributed by atoms with Crippen LogP contribution in [0.1, 0.15) is 5.56 Å². The largest absolute Gasteiger partial charge is 0.508 e. The number of hydrogen-bond acceptors (Lipinski definition) is 6. The number of non-ortho nitro benzene ring substituents is 1. The van der Waals surface area contributed by atoms with E-state index in [0.29, 0.717) is 6.54 Å².